The number of carbonyl (C=O) groups is 2. The lowest BCUT2D eigenvalue weighted by atomic mass is 10.1. The molecule has 6 heteroatoms. The lowest BCUT2D eigenvalue weighted by Gasteiger charge is -2.09. The van der Waals surface area contributed by atoms with Crippen LogP contribution in [0.5, 0.6) is 5.75 Å². The van der Waals surface area contributed by atoms with Gasteiger partial charge in [0, 0.05) is 25.1 Å². The van der Waals surface area contributed by atoms with Crippen molar-refractivity contribution in [1.29, 1.82) is 0 Å². The van der Waals surface area contributed by atoms with Crippen LogP contribution in [-0.4, -0.2) is 28.2 Å². The molecular weight excluding hydrogens is 272 g/mol. The molecule has 0 fully saturated rings. The number of aromatic hydroxyl groups is 1. The zero-order valence-electron chi connectivity index (χ0n) is 12.5. The van der Waals surface area contributed by atoms with E-state index in [4.69, 9.17) is 4.74 Å². The van der Waals surface area contributed by atoms with E-state index in [0.29, 0.717) is 16.6 Å². The average molecular weight is 290 g/mol. The minimum absolute atomic E-state index is 0.0890. The second-order valence-corrected chi connectivity index (χ2v) is 4.77. The molecule has 112 valence electrons. The van der Waals surface area contributed by atoms with Crippen LogP contribution < -0.4 is 5.32 Å². The SMILES string of the molecule is CCOC(=O)c1c(C)n(C)c2ccc(O)c(NC(C)=O)c12. The number of ether oxygens (including phenoxy) is 1. The number of benzene rings is 1. The first-order chi connectivity index (χ1) is 9.88. The minimum Gasteiger partial charge on any atom is -0.506 e. The summed E-state index contributed by atoms with van der Waals surface area (Å²) in [5, 5.41) is 13.1. The molecule has 6 nitrogen and oxygen atoms in total. The lowest BCUT2D eigenvalue weighted by Crippen LogP contribution is -2.09. The highest BCUT2D eigenvalue weighted by atomic mass is 16.5. The molecule has 1 aromatic carbocycles. The smallest absolute Gasteiger partial charge is 0.340 e. The van der Waals surface area contributed by atoms with E-state index in [-0.39, 0.29) is 24.0 Å². The Kier molecular flexibility index (Phi) is 3.88. The van der Waals surface area contributed by atoms with Gasteiger partial charge in [-0.1, -0.05) is 0 Å². The Labute approximate surface area is 122 Å². The van der Waals surface area contributed by atoms with Gasteiger partial charge in [0.1, 0.15) is 5.75 Å². The molecule has 2 rings (SSSR count). The summed E-state index contributed by atoms with van der Waals surface area (Å²) >= 11 is 0. The molecule has 0 spiro atoms. The summed E-state index contributed by atoms with van der Waals surface area (Å²) < 4.78 is 6.91. The van der Waals surface area contributed by atoms with Gasteiger partial charge in [0.2, 0.25) is 5.91 Å². The second-order valence-electron chi connectivity index (χ2n) is 4.77. The van der Waals surface area contributed by atoms with Gasteiger partial charge in [-0.25, -0.2) is 4.79 Å². The molecule has 0 bridgehead atoms. The van der Waals surface area contributed by atoms with Crippen molar-refractivity contribution in [1.82, 2.24) is 4.57 Å². The molecule has 0 saturated carbocycles. The third kappa shape index (κ3) is 2.44. The van der Waals surface area contributed by atoms with Gasteiger partial charge >= 0.3 is 5.97 Å². The van der Waals surface area contributed by atoms with Crippen LogP contribution in [0.1, 0.15) is 29.9 Å². The zero-order valence-corrected chi connectivity index (χ0v) is 12.5. The summed E-state index contributed by atoms with van der Waals surface area (Å²) in [5.74, 6) is -0.888. The normalized spacial score (nSPS) is 10.7. The van der Waals surface area contributed by atoms with Crippen molar-refractivity contribution >= 4 is 28.5 Å². The largest absolute Gasteiger partial charge is 0.506 e. The first kappa shape index (κ1) is 14.9. The molecule has 0 saturated heterocycles. The van der Waals surface area contributed by atoms with Crippen LogP contribution in [0.25, 0.3) is 10.9 Å². The highest BCUT2D eigenvalue weighted by Crippen LogP contribution is 2.37. The Morgan fingerprint density at radius 3 is 2.62 bits per heavy atom. The number of nitrogens with one attached hydrogen (secondary N) is 1. The number of rotatable bonds is 3. The first-order valence-corrected chi connectivity index (χ1v) is 6.64. The number of hydrogen-bond donors (Lipinski definition) is 2. The van der Waals surface area contributed by atoms with Crippen molar-refractivity contribution in [3.63, 3.8) is 0 Å². The molecule has 2 N–H and O–H groups in total. The average Bonchev–Trinajstić information content (AvgIpc) is 2.66. The fourth-order valence-corrected chi connectivity index (χ4v) is 2.40. The van der Waals surface area contributed by atoms with E-state index in [2.05, 4.69) is 5.32 Å². The highest BCUT2D eigenvalue weighted by Gasteiger charge is 2.24. The van der Waals surface area contributed by atoms with E-state index in [1.807, 2.05) is 11.6 Å². The molecular formula is C15H18N2O4. The van der Waals surface area contributed by atoms with E-state index in [1.54, 1.807) is 19.9 Å². The van der Waals surface area contributed by atoms with Crippen LogP contribution in [0, 0.1) is 6.92 Å². The standard InChI is InChI=1S/C15H18N2O4/c1-5-21-15(20)12-8(2)17(4)10-6-7-11(19)14(13(10)12)16-9(3)18/h6-7,19H,5H2,1-4H3,(H,16,18). The summed E-state index contributed by atoms with van der Waals surface area (Å²) in [6.07, 6.45) is 0. The maximum atomic E-state index is 12.2. The van der Waals surface area contributed by atoms with Gasteiger partial charge in [0.05, 0.1) is 23.4 Å². The number of amides is 1. The van der Waals surface area contributed by atoms with Crippen molar-refractivity contribution in [2.24, 2.45) is 7.05 Å². The maximum absolute atomic E-state index is 12.2. The van der Waals surface area contributed by atoms with Crippen LogP contribution in [0.4, 0.5) is 5.69 Å². The summed E-state index contributed by atoms with van der Waals surface area (Å²) in [5.41, 5.74) is 2.03. The van der Waals surface area contributed by atoms with Gasteiger partial charge in [-0.2, -0.15) is 0 Å². The fraction of sp³-hybridized carbons (Fsp3) is 0.333. The Morgan fingerprint density at radius 2 is 2.05 bits per heavy atom. The highest BCUT2D eigenvalue weighted by molar-refractivity contribution is 6.14. The number of phenols is 1. The number of nitrogens with zero attached hydrogens (tertiary/aromatic N) is 1. The Bertz CT molecular complexity index is 731. The second kappa shape index (κ2) is 5.47. The number of carbonyl (C=O) groups excluding carboxylic acids is 2. The van der Waals surface area contributed by atoms with Crippen molar-refractivity contribution in [3.05, 3.63) is 23.4 Å². The molecule has 1 aromatic heterocycles. The van der Waals surface area contributed by atoms with Gasteiger partial charge in [0.15, 0.2) is 0 Å². The van der Waals surface area contributed by atoms with Gasteiger partial charge in [0.25, 0.3) is 0 Å². The maximum Gasteiger partial charge on any atom is 0.340 e. The lowest BCUT2D eigenvalue weighted by molar-refractivity contribution is -0.114. The predicted octanol–water partition coefficient (Wildman–Crippen LogP) is 2.33. The number of anilines is 1. The molecule has 1 heterocycles. The van der Waals surface area contributed by atoms with E-state index in [9.17, 15) is 14.7 Å². The number of esters is 1. The van der Waals surface area contributed by atoms with Gasteiger partial charge < -0.3 is 19.7 Å². The van der Waals surface area contributed by atoms with E-state index >= 15 is 0 Å². The monoisotopic (exact) mass is 290 g/mol. The zero-order chi connectivity index (χ0) is 15.7. The van der Waals surface area contributed by atoms with E-state index in [1.165, 1.54) is 13.0 Å². The Hall–Kier alpha value is -2.50. The number of fused-ring (bicyclic) bond motifs is 1. The summed E-state index contributed by atoms with van der Waals surface area (Å²) in [6.45, 7) is 5.12. The van der Waals surface area contributed by atoms with Crippen LogP contribution in [0.15, 0.2) is 12.1 Å². The number of aryl methyl sites for hydroxylation is 1. The third-order valence-electron chi connectivity index (χ3n) is 3.42. The number of phenolic OH excluding ortho intramolecular Hbond substituents is 1. The van der Waals surface area contributed by atoms with Gasteiger partial charge in [-0.3, -0.25) is 4.79 Å². The van der Waals surface area contributed by atoms with E-state index < -0.39 is 5.97 Å². The minimum atomic E-state index is -0.474. The van der Waals surface area contributed by atoms with Gasteiger partial charge in [-0.05, 0) is 26.0 Å². The van der Waals surface area contributed by atoms with Crippen LogP contribution in [0.3, 0.4) is 0 Å². The van der Waals surface area contributed by atoms with Crippen molar-refractivity contribution in [2.45, 2.75) is 20.8 Å². The fourth-order valence-electron chi connectivity index (χ4n) is 2.40. The molecule has 21 heavy (non-hydrogen) atoms. The van der Waals surface area contributed by atoms with Crippen molar-refractivity contribution < 1.29 is 19.4 Å². The quantitative estimate of drug-likeness (QED) is 0.671. The molecule has 0 radical (unpaired) electrons. The molecule has 2 aromatic rings. The Morgan fingerprint density at radius 1 is 1.38 bits per heavy atom. The molecule has 0 aliphatic heterocycles. The molecule has 1 amide bonds. The van der Waals surface area contributed by atoms with Crippen LogP contribution in [-0.2, 0) is 16.6 Å². The first-order valence-electron chi connectivity index (χ1n) is 6.64. The predicted molar refractivity (Wildman–Crippen MR) is 79.6 cm³/mol. The third-order valence-corrected chi connectivity index (χ3v) is 3.42. The molecule has 0 atom stereocenters. The number of aromatic nitrogens is 1. The molecule has 0 unspecified atom stereocenters. The summed E-state index contributed by atoms with van der Waals surface area (Å²) in [6, 6.07) is 3.19. The van der Waals surface area contributed by atoms with Gasteiger partial charge in [-0.15, -0.1) is 0 Å². The molecule has 0 aliphatic rings. The topological polar surface area (TPSA) is 80.6 Å². The van der Waals surface area contributed by atoms with E-state index in [0.717, 1.165) is 5.52 Å². The Balaban J connectivity index is 2.83. The molecule has 0 aliphatic carbocycles. The van der Waals surface area contributed by atoms with Crippen LogP contribution in [0.2, 0.25) is 0 Å². The van der Waals surface area contributed by atoms with Crippen LogP contribution >= 0.6 is 0 Å². The van der Waals surface area contributed by atoms with Crippen molar-refractivity contribution in [2.75, 3.05) is 11.9 Å². The summed E-state index contributed by atoms with van der Waals surface area (Å²) in [7, 11) is 1.81. The van der Waals surface area contributed by atoms with Crippen molar-refractivity contribution in [3.8, 4) is 5.75 Å². The number of hydrogen-bond acceptors (Lipinski definition) is 4. The summed E-state index contributed by atoms with van der Waals surface area (Å²) in [4.78, 5) is 23.6.